The first-order chi connectivity index (χ1) is 17.4. The average Bonchev–Trinajstić information content (AvgIpc) is 3.37. The Morgan fingerprint density at radius 1 is 0.972 bits per heavy atom. The van der Waals surface area contributed by atoms with Crippen molar-refractivity contribution in [2.45, 2.75) is 6.42 Å². The largest absolute Gasteiger partial charge is 0.370 e. The minimum atomic E-state index is -0.450. The highest BCUT2D eigenvalue weighted by molar-refractivity contribution is 9.10. The number of fused-ring (bicyclic) bond motifs is 2. The van der Waals surface area contributed by atoms with Crippen LogP contribution in [-0.2, 0) is 4.79 Å². The Balaban J connectivity index is 1.18. The van der Waals surface area contributed by atoms with Gasteiger partial charge in [0.05, 0.1) is 27.5 Å². The number of carbonyl (C=O) groups excluding carboxylic acids is 3. The molecule has 5 rings (SSSR count). The maximum absolute atomic E-state index is 12.4. The fraction of sp³-hybridized carbons (Fsp3) is 0.160. The van der Waals surface area contributed by atoms with E-state index in [2.05, 4.69) is 36.6 Å². The van der Waals surface area contributed by atoms with Crippen molar-refractivity contribution in [2.24, 2.45) is 0 Å². The van der Waals surface area contributed by atoms with Crippen LogP contribution in [0, 0.1) is 0 Å². The Morgan fingerprint density at radius 2 is 1.64 bits per heavy atom. The SMILES string of the molecule is O=C(CN1C(=O)c2ccccc2C1=O)NCCCNc1cc(-c2ccccc2Cl)nc2c(Br)cnn12. The van der Waals surface area contributed by atoms with Crippen LogP contribution in [0.4, 0.5) is 5.82 Å². The molecule has 11 heteroatoms. The Bertz CT molecular complexity index is 1470. The number of carbonyl (C=O) groups is 3. The van der Waals surface area contributed by atoms with Crippen LogP contribution in [0.25, 0.3) is 16.9 Å². The summed E-state index contributed by atoms with van der Waals surface area (Å²) in [6.45, 7) is 0.586. The minimum absolute atomic E-state index is 0.312. The van der Waals surface area contributed by atoms with Gasteiger partial charge in [-0.15, -0.1) is 0 Å². The average molecular weight is 568 g/mol. The highest BCUT2D eigenvalue weighted by Crippen LogP contribution is 2.30. The zero-order chi connectivity index (χ0) is 25.2. The number of hydrogen-bond donors (Lipinski definition) is 2. The van der Waals surface area contributed by atoms with Gasteiger partial charge in [-0.05, 0) is 40.5 Å². The highest BCUT2D eigenvalue weighted by atomic mass is 79.9. The van der Waals surface area contributed by atoms with Gasteiger partial charge in [-0.1, -0.05) is 41.9 Å². The summed E-state index contributed by atoms with van der Waals surface area (Å²) < 4.78 is 2.44. The molecule has 0 fully saturated rings. The summed E-state index contributed by atoms with van der Waals surface area (Å²) in [5.41, 5.74) is 2.79. The second-order valence-corrected chi connectivity index (χ2v) is 9.37. The fourth-order valence-electron chi connectivity index (χ4n) is 3.98. The van der Waals surface area contributed by atoms with Gasteiger partial charge >= 0.3 is 0 Å². The molecule has 3 amide bonds. The smallest absolute Gasteiger partial charge is 0.262 e. The molecule has 0 radical (unpaired) electrons. The Kier molecular flexibility index (Phi) is 6.71. The van der Waals surface area contributed by atoms with Crippen molar-refractivity contribution in [1.29, 1.82) is 0 Å². The number of benzene rings is 2. The van der Waals surface area contributed by atoms with Crippen molar-refractivity contribution in [2.75, 3.05) is 25.0 Å². The number of amides is 3. The molecule has 2 aromatic carbocycles. The predicted octanol–water partition coefficient (Wildman–Crippen LogP) is 4.03. The second-order valence-electron chi connectivity index (χ2n) is 8.11. The zero-order valence-corrected chi connectivity index (χ0v) is 21.2. The van der Waals surface area contributed by atoms with Gasteiger partial charge in [-0.2, -0.15) is 9.61 Å². The van der Waals surface area contributed by atoms with Gasteiger partial charge in [0.25, 0.3) is 11.8 Å². The van der Waals surface area contributed by atoms with E-state index in [0.29, 0.717) is 47.0 Å². The van der Waals surface area contributed by atoms with Gasteiger partial charge < -0.3 is 10.6 Å². The van der Waals surface area contributed by atoms with Crippen LogP contribution >= 0.6 is 27.5 Å². The summed E-state index contributed by atoms with van der Waals surface area (Å²) in [7, 11) is 0. The number of nitrogens with zero attached hydrogens (tertiary/aromatic N) is 4. The van der Waals surface area contributed by atoms with E-state index in [1.54, 1.807) is 35.0 Å². The van der Waals surface area contributed by atoms with Crippen LogP contribution in [0.3, 0.4) is 0 Å². The third kappa shape index (κ3) is 4.57. The first-order valence-corrected chi connectivity index (χ1v) is 12.4. The quantitative estimate of drug-likeness (QED) is 0.246. The molecule has 0 atom stereocenters. The number of anilines is 1. The lowest BCUT2D eigenvalue weighted by molar-refractivity contribution is -0.121. The Labute approximate surface area is 219 Å². The van der Waals surface area contributed by atoms with Crippen LogP contribution in [0.5, 0.6) is 0 Å². The monoisotopic (exact) mass is 566 g/mol. The summed E-state index contributed by atoms with van der Waals surface area (Å²) >= 11 is 9.86. The third-order valence-electron chi connectivity index (χ3n) is 5.74. The number of hydrogen-bond acceptors (Lipinski definition) is 6. The number of halogens is 2. The van der Waals surface area contributed by atoms with Crippen molar-refractivity contribution >= 4 is 56.7 Å². The van der Waals surface area contributed by atoms with Crippen LogP contribution in [0.15, 0.2) is 65.3 Å². The van der Waals surface area contributed by atoms with Crippen LogP contribution in [0.1, 0.15) is 27.1 Å². The van der Waals surface area contributed by atoms with Crippen molar-refractivity contribution in [3.05, 3.63) is 81.4 Å². The molecule has 1 aliphatic heterocycles. The summed E-state index contributed by atoms with van der Waals surface area (Å²) in [4.78, 5) is 42.9. The minimum Gasteiger partial charge on any atom is -0.370 e. The van der Waals surface area contributed by atoms with Crippen LogP contribution in [-0.4, -0.2) is 56.9 Å². The molecule has 0 bridgehead atoms. The molecule has 3 heterocycles. The molecule has 0 spiro atoms. The topological polar surface area (TPSA) is 109 Å². The maximum atomic E-state index is 12.4. The molecule has 0 saturated carbocycles. The normalized spacial score (nSPS) is 12.8. The van der Waals surface area contributed by atoms with Gasteiger partial charge in [-0.3, -0.25) is 19.3 Å². The molecule has 2 N–H and O–H groups in total. The van der Waals surface area contributed by atoms with E-state index in [0.717, 1.165) is 20.8 Å². The first kappa shape index (κ1) is 24.0. The van der Waals surface area contributed by atoms with E-state index < -0.39 is 17.7 Å². The maximum Gasteiger partial charge on any atom is 0.262 e. The number of nitrogens with one attached hydrogen (secondary N) is 2. The lowest BCUT2D eigenvalue weighted by atomic mass is 10.1. The predicted molar refractivity (Wildman–Crippen MR) is 139 cm³/mol. The molecule has 0 unspecified atom stereocenters. The Hall–Kier alpha value is -3.76. The van der Waals surface area contributed by atoms with Crippen molar-refractivity contribution < 1.29 is 14.4 Å². The van der Waals surface area contributed by atoms with Crippen molar-refractivity contribution in [3.63, 3.8) is 0 Å². The van der Waals surface area contributed by atoms with Crippen molar-refractivity contribution in [3.8, 4) is 11.3 Å². The van der Waals surface area contributed by atoms with Crippen LogP contribution < -0.4 is 10.6 Å². The lowest BCUT2D eigenvalue weighted by Crippen LogP contribution is -2.40. The molecule has 4 aromatic rings. The van der Waals surface area contributed by atoms with Gasteiger partial charge in [0, 0.05) is 29.7 Å². The lowest BCUT2D eigenvalue weighted by Gasteiger charge is -2.14. The molecule has 0 aliphatic carbocycles. The molecule has 9 nitrogen and oxygen atoms in total. The molecular formula is C25H20BrClN6O3. The van der Waals surface area contributed by atoms with Gasteiger partial charge in [0.2, 0.25) is 5.91 Å². The van der Waals surface area contributed by atoms with E-state index in [1.165, 1.54) is 0 Å². The van der Waals surface area contributed by atoms with E-state index in [1.807, 2.05) is 30.3 Å². The summed E-state index contributed by atoms with van der Waals surface area (Å²) in [6, 6.07) is 15.9. The first-order valence-electron chi connectivity index (χ1n) is 11.2. The van der Waals surface area contributed by atoms with E-state index in [-0.39, 0.29) is 6.54 Å². The number of rotatable bonds is 8. The van der Waals surface area contributed by atoms with E-state index >= 15 is 0 Å². The van der Waals surface area contributed by atoms with Gasteiger partial charge in [-0.25, -0.2) is 4.98 Å². The molecule has 2 aromatic heterocycles. The van der Waals surface area contributed by atoms with Crippen molar-refractivity contribution in [1.82, 2.24) is 24.8 Å². The molecule has 0 saturated heterocycles. The zero-order valence-electron chi connectivity index (χ0n) is 18.9. The molecular weight excluding hydrogens is 548 g/mol. The molecule has 182 valence electrons. The molecule has 36 heavy (non-hydrogen) atoms. The van der Waals surface area contributed by atoms with Gasteiger partial charge in [0.15, 0.2) is 5.65 Å². The summed E-state index contributed by atoms with van der Waals surface area (Å²) in [6.07, 6.45) is 2.27. The standard InChI is InChI=1S/C25H20BrClN6O3/c26-18-13-30-33-21(12-20(31-23(18)33)17-8-3-4-9-19(17)27)28-10-5-11-29-22(34)14-32-24(35)15-6-1-2-7-16(15)25(32)36/h1-4,6-9,12-13,28H,5,10-11,14H2,(H,29,34). The van der Waals surface area contributed by atoms with E-state index in [4.69, 9.17) is 11.6 Å². The fourth-order valence-corrected chi connectivity index (χ4v) is 4.56. The number of aromatic nitrogens is 3. The van der Waals surface area contributed by atoms with E-state index in [9.17, 15) is 14.4 Å². The Morgan fingerprint density at radius 3 is 2.33 bits per heavy atom. The van der Waals surface area contributed by atoms with Gasteiger partial charge in [0.1, 0.15) is 12.4 Å². The third-order valence-corrected chi connectivity index (χ3v) is 6.63. The number of imide groups is 1. The molecule has 1 aliphatic rings. The van der Waals surface area contributed by atoms with Crippen LogP contribution in [0.2, 0.25) is 5.02 Å². The highest BCUT2D eigenvalue weighted by Gasteiger charge is 2.36. The summed E-state index contributed by atoms with van der Waals surface area (Å²) in [5, 5.41) is 11.1. The second kappa shape index (κ2) is 10.1. The summed E-state index contributed by atoms with van der Waals surface area (Å²) in [5.74, 6) is -0.576.